The molecule has 0 aliphatic carbocycles. The maximum atomic E-state index is 13.3. The second-order valence-electron chi connectivity index (χ2n) is 11.6. The van der Waals surface area contributed by atoms with Crippen LogP contribution in [0.15, 0.2) is 71.9 Å². The number of hydrogen-bond donors (Lipinski definition) is 2. The molecule has 6 heterocycles. The number of aromatic amines is 1. The van der Waals surface area contributed by atoms with Crippen LogP contribution in [0.4, 0.5) is 19.0 Å². The van der Waals surface area contributed by atoms with Crippen molar-refractivity contribution >= 4 is 27.2 Å². The number of sulfone groups is 1. The summed E-state index contributed by atoms with van der Waals surface area (Å²) in [5.74, 6) is -0.895. The monoisotopic (exact) mass is 635 g/mol. The molecule has 3 N–H and O–H groups in total. The number of amides is 1. The average molecular weight is 636 g/mol. The molecule has 2 bridgehead atoms. The summed E-state index contributed by atoms with van der Waals surface area (Å²) in [5, 5.41) is 5.53. The van der Waals surface area contributed by atoms with Gasteiger partial charge in [-0.1, -0.05) is 36.4 Å². The van der Waals surface area contributed by atoms with E-state index in [1.54, 1.807) is 21.7 Å². The second kappa shape index (κ2) is 10.4. The van der Waals surface area contributed by atoms with Gasteiger partial charge in [0.15, 0.2) is 15.5 Å². The van der Waals surface area contributed by atoms with Crippen molar-refractivity contribution in [3.8, 4) is 22.4 Å². The van der Waals surface area contributed by atoms with Gasteiger partial charge >= 0.3 is 6.18 Å². The Hall–Kier alpha value is -4.72. The van der Waals surface area contributed by atoms with Crippen molar-refractivity contribution in [2.24, 2.45) is 0 Å². The third-order valence-corrected chi connectivity index (χ3v) is 9.94. The summed E-state index contributed by atoms with van der Waals surface area (Å²) in [5.41, 5.74) is 9.23. The fourth-order valence-corrected chi connectivity index (χ4v) is 7.86. The number of nitrogens with one attached hydrogen (secondary N) is 1. The Morgan fingerprint density at radius 2 is 1.73 bits per heavy atom. The molecule has 1 amide bonds. The first kappa shape index (κ1) is 29.0. The van der Waals surface area contributed by atoms with Crippen LogP contribution in [-0.4, -0.2) is 62.1 Å². The standard InChI is InChI=1S/C31H28F3N7O3S/c1-45(43,44)27-26(19-13-20-8-9-21(14-19)41(20)30(42)24-15-25(39-38-24)31(32,33)34)37-29-22(11-12-40(29)28(27)35)18-7-10-23(36-16-18)17-5-3-2-4-6-17/h2-7,10-12,15-16,19-21H,8-9,13-14,35H2,1H3,(H,38,39)/t19?,20-,21+. The van der Waals surface area contributed by atoms with E-state index in [1.165, 1.54) is 0 Å². The molecule has 7 rings (SSSR count). The zero-order valence-electron chi connectivity index (χ0n) is 24.0. The molecule has 5 aromatic rings. The Balaban J connectivity index is 1.24. The molecule has 0 spiro atoms. The number of rotatable bonds is 5. The maximum absolute atomic E-state index is 13.3. The summed E-state index contributed by atoms with van der Waals surface area (Å²) in [7, 11) is -3.82. The van der Waals surface area contributed by atoms with Crippen LogP contribution in [-0.2, 0) is 16.0 Å². The Morgan fingerprint density at radius 1 is 1.02 bits per heavy atom. The van der Waals surface area contributed by atoms with Crippen molar-refractivity contribution in [1.29, 1.82) is 0 Å². The van der Waals surface area contributed by atoms with E-state index in [0.29, 0.717) is 37.0 Å². The van der Waals surface area contributed by atoms with E-state index in [-0.39, 0.29) is 34.4 Å². The minimum Gasteiger partial charge on any atom is -0.384 e. The van der Waals surface area contributed by atoms with E-state index in [4.69, 9.17) is 10.7 Å². The molecule has 2 aliphatic heterocycles. The first-order valence-electron chi connectivity index (χ1n) is 14.4. The molecule has 45 heavy (non-hydrogen) atoms. The molecule has 232 valence electrons. The molecule has 0 radical (unpaired) electrons. The van der Waals surface area contributed by atoms with Gasteiger partial charge in [0.05, 0.1) is 11.4 Å². The van der Waals surface area contributed by atoms with E-state index >= 15 is 0 Å². The van der Waals surface area contributed by atoms with Gasteiger partial charge in [-0.3, -0.25) is 19.3 Å². The van der Waals surface area contributed by atoms with Crippen LogP contribution in [0.25, 0.3) is 28.0 Å². The number of nitrogen functional groups attached to an aromatic ring is 1. The van der Waals surface area contributed by atoms with Crippen LogP contribution in [0.3, 0.4) is 0 Å². The lowest BCUT2D eigenvalue weighted by Crippen LogP contribution is -2.46. The molecule has 14 heteroatoms. The van der Waals surface area contributed by atoms with Gasteiger partial charge in [-0.05, 0) is 37.8 Å². The molecule has 10 nitrogen and oxygen atoms in total. The normalized spacial score (nSPS) is 20.2. The highest BCUT2D eigenvalue weighted by atomic mass is 32.2. The summed E-state index contributed by atoms with van der Waals surface area (Å²) < 4.78 is 67.2. The molecule has 2 saturated heterocycles. The third-order valence-electron chi connectivity index (χ3n) is 8.78. The van der Waals surface area contributed by atoms with Gasteiger partial charge in [0.1, 0.15) is 22.1 Å². The number of benzene rings is 1. The largest absolute Gasteiger partial charge is 0.432 e. The lowest BCUT2D eigenvalue weighted by Gasteiger charge is -2.39. The van der Waals surface area contributed by atoms with Gasteiger partial charge in [0, 0.05) is 59.4 Å². The number of carbonyl (C=O) groups is 1. The first-order valence-corrected chi connectivity index (χ1v) is 16.3. The third kappa shape index (κ3) is 5.02. The Bertz CT molecular complexity index is 2030. The molecule has 1 aromatic carbocycles. The fraction of sp³-hybridized carbons (Fsp3) is 0.290. The van der Waals surface area contributed by atoms with E-state index in [9.17, 15) is 26.4 Å². The maximum Gasteiger partial charge on any atom is 0.432 e. The van der Waals surface area contributed by atoms with Crippen molar-refractivity contribution in [1.82, 2.24) is 29.5 Å². The number of anilines is 1. The zero-order chi connectivity index (χ0) is 31.7. The predicted molar refractivity (Wildman–Crippen MR) is 160 cm³/mol. The molecule has 4 aromatic heterocycles. The van der Waals surface area contributed by atoms with Gasteiger partial charge in [-0.25, -0.2) is 13.4 Å². The quantitative estimate of drug-likeness (QED) is 0.266. The Morgan fingerprint density at radius 3 is 2.33 bits per heavy atom. The van der Waals surface area contributed by atoms with Gasteiger partial charge in [-0.15, -0.1) is 0 Å². The number of carbonyl (C=O) groups excluding carboxylic acids is 1. The topological polar surface area (TPSA) is 139 Å². The van der Waals surface area contributed by atoms with Crippen LogP contribution < -0.4 is 5.73 Å². The number of aromatic nitrogens is 5. The lowest BCUT2D eigenvalue weighted by atomic mass is 9.87. The van der Waals surface area contributed by atoms with Crippen LogP contribution in [0.1, 0.15) is 53.5 Å². The number of H-pyrrole nitrogens is 1. The summed E-state index contributed by atoms with van der Waals surface area (Å²) in [6.07, 6.45) is 1.89. The highest BCUT2D eigenvalue weighted by Crippen LogP contribution is 2.46. The first-order chi connectivity index (χ1) is 21.4. The summed E-state index contributed by atoms with van der Waals surface area (Å²) in [4.78, 5) is 24.4. The van der Waals surface area contributed by atoms with Crippen molar-refractivity contribution in [2.75, 3.05) is 12.0 Å². The van der Waals surface area contributed by atoms with Crippen LogP contribution in [0.2, 0.25) is 0 Å². The molecular weight excluding hydrogens is 607 g/mol. The van der Waals surface area contributed by atoms with Crippen LogP contribution in [0.5, 0.6) is 0 Å². The molecule has 2 fully saturated rings. The van der Waals surface area contributed by atoms with Gasteiger partial charge < -0.3 is 10.6 Å². The molecule has 0 saturated carbocycles. The highest BCUT2D eigenvalue weighted by Gasteiger charge is 2.46. The van der Waals surface area contributed by atoms with E-state index in [1.807, 2.05) is 53.6 Å². The Labute approximate surface area is 256 Å². The minimum absolute atomic E-state index is 0.0414. The van der Waals surface area contributed by atoms with Crippen molar-refractivity contribution in [2.45, 2.75) is 54.8 Å². The second-order valence-corrected chi connectivity index (χ2v) is 13.6. The molecule has 3 atom stereocenters. The SMILES string of the molecule is CS(=O)(=O)c1c(C2C[C@H]3CC[C@@H](C2)N3C(=O)c2cc(C(F)(F)F)[nH]n2)nc2c(-c3ccc(-c4ccccc4)nc3)ccn2c1N. The number of alkyl halides is 3. The number of nitrogens with zero attached hydrogens (tertiary/aromatic N) is 5. The fourth-order valence-electron chi connectivity index (χ4n) is 6.79. The number of pyridine rings is 1. The minimum atomic E-state index is -4.65. The van der Waals surface area contributed by atoms with Crippen molar-refractivity contribution in [3.05, 3.63) is 84.1 Å². The predicted octanol–water partition coefficient (Wildman–Crippen LogP) is 5.34. The lowest BCUT2D eigenvalue weighted by molar-refractivity contribution is -0.141. The summed E-state index contributed by atoms with van der Waals surface area (Å²) >= 11 is 0. The number of fused-ring (bicyclic) bond motifs is 3. The van der Waals surface area contributed by atoms with Crippen molar-refractivity contribution < 1.29 is 26.4 Å². The number of nitrogens with two attached hydrogens (primary N) is 1. The number of hydrogen-bond acceptors (Lipinski definition) is 7. The highest BCUT2D eigenvalue weighted by molar-refractivity contribution is 7.91. The van der Waals surface area contributed by atoms with Crippen LogP contribution >= 0.6 is 0 Å². The number of halogens is 3. The number of piperidine rings is 1. The summed E-state index contributed by atoms with van der Waals surface area (Å²) in [6.45, 7) is 0. The smallest absolute Gasteiger partial charge is 0.384 e. The molecule has 2 aliphatic rings. The van der Waals surface area contributed by atoms with E-state index in [0.717, 1.165) is 34.7 Å². The van der Waals surface area contributed by atoms with Crippen molar-refractivity contribution in [3.63, 3.8) is 0 Å². The molecular formula is C31H28F3N7O3S. The van der Waals surface area contributed by atoms with Crippen LogP contribution in [0, 0.1) is 0 Å². The Kier molecular flexibility index (Phi) is 6.73. The summed E-state index contributed by atoms with van der Waals surface area (Å²) in [6, 6.07) is 15.5. The van der Waals surface area contributed by atoms with Gasteiger partial charge in [0.25, 0.3) is 5.91 Å². The van der Waals surface area contributed by atoms with E-state index < -0.39 is 27.6 Å². The van der Waals surface area contributed by atoms with Gasteiger partial charge in [0.2, 0.25) is 0 Å². The van der Waals surface area contributed by atoms with Gasteiger partial charge in [-0.2, -0.15) is 18.3 Å². The average Bonchev–Trinajstić information content (AvgIpc) is 3.73. The molecule has 1 unspecified atom stereocenters. The zero-order valence-corrected chi connectivity index (χ0v) is 24.8. The van der Waals surface area contributed by atoms with E-state index in [2.05, 4.69) is 10.1 Å².